The molecule has 0 aromatic heterocycles. The van der Waals surface area contributed by atoms with Crippen molar-refractivity contribution in [3.8, 4) is 0 Å². The Balaban J connectivity index is 2.58. The van der Waals surface area contributed by atoms with E-state index in [0.717, 1.165) is 12.8 Å². The van der Waals surface area contributed by atoms with E-state index in [0.29, 0.717) is 0 Å². The van der Waals surface area contributed by atoms with E-state index in [4.69, 9.17) is 0 Å². The number of rotatable bonds is 4. The molecule has 2 rings (SSSR count). The van der Waals surface area contributed by atoms with Gasteiger partial charge in [0, 0.05) is 5.41 Å². The molecule has 0 unspecified atom stereocenters. The Morgan fingerprint density at radius 1 is 0.684 bits per heavy atom. The summed E-state index contributed by atoms with van der Waals surface area (Å²) >= 11 is 0. The second kappa shape index (κ2) is 5.61. The lowest BCUT2D eigenvalue weighted by molar-refractivity contribution is 0.624. The lowest BCUT2D eigenvalue weighted by atomic mass is 9.73. The van der Waals surface area contributed by atoms with Crippen molar-refractivity contribution >= 4 is 0 Å². The SMILES string of the molecule is CCc1ccccc1C(C)(C)c1ccccc1CC. The second-order valence-corrected chi connectivity index (χ2v) is 5.65. The van der Waals surface area contributed by atoms with Crippen LogP contribution in [-0.2, 0) is 18.3 Å². The molecule has 0 saturated heterocycles. The molecule has 100 valence electrons. The fourth-order valence-corrected chi connectivity index (χ4v) is 3.02. The van der Waals surface area contributed by atoms with Crippen LogP contribution in [0.3, 0.4) is 0 Å². The Bertz CT molecular complexity index is 500. The normalized spacial score (nSPS) is 11.6. The maximum absolute atomic E-state index is 2.34. The molecule has 0 heteroatoms. The minimum Gasteiger partial charge on any atom is -0.0620 e. The molecule has 2 aromatic rings. The van der Waals surface area contributed by atoms with Crippen LogP contribution in [0.25, 0.3) is 0 Å². The highest BCUT2D eigenvalue weighted by atomic mass is 14.3. The van der Waals surface area contributed by atoms with Crippen molar-refractivity contribution in [1.29, 1.82) is 0 Å². The van der Waals surface area contributed by atoms with Crippen molar-refractivity contribution in [1.82, 2.24) is 0 Å². The Morgan fingerprint density at radius 2 is 1.05 bits per heavy atom. The zero-order chi connectivity index (χ0) is 13.9. The van der Waals surface area contributed by atoms with Crippen molar-refractivity contribution in [3.63, 3.8) is 0 Å². The molecule has 19 heavy (non-hydrogen) atoms. The fourth-order valence-electron chi connectivity index (χ4n) is 3.02. The van der Waals surface area contributed by atoms with E-state index in [1.165, 1.54) is 22.3 Å². The van der Waals surface area contributed by atoms with Gasteiger partial charge in [-0.05, 0) is 35.1 Å². The topological polar surface area (TPSA) is 0 Å². The van der Waals surface area contributed by atoms with Crippen LogP contribution < -0.4 is 0 Å². The molecule has 0 bridgehead atoms. The van der Waals surface area contributed by atoms with E-state index < -0.39 is 0 Å². The number of hydrogen-bond donors (Lipinski definition) is 0. The van der Waals surface area contributed by atoms with Crippen LogP contribution in [0.2, 0.25) is 0 Å². The molecular formula is C19H24. The van der Waals surface area contributed by atoms with Gasteiger partial charge in [0.15, 0.2) is 0 Å². The summed E-state index contributed by atoms with van der Waals surface area (Å²) in [7, 11) is 0. The van der Waals surface area contributed by atoms with E-state index in [2.05, 4.69) is 76.2 Å². The van der Waals surface area contributed by atoms with E-state index in [9.17, 15) is 0 Å². The summed E-state index contributed by atoms with van der Waals surface area (Å²) in [6.07, 6.45) is 2.18. The van der Waals surface area contributed by atoms with Crippen molar-refractivity contribution in [2.75, 3.05) is 0 Å². The minimum absolute atomic E-state index is 0.0687. The Morgan fingerprint density at radius 3 is 1.42 bits per heavy atom. The first-order valence-corrected chi connectivity index (χ1v) is 7.28. The van der Waals surface area contributed by atoms with Crippen LogP contribution in [-0.4, -0.2) is 0 Å². The predicted molar refractivity (Wildman–Crippen MR) is 83.8 cm³/mol. The fraction of sp³-hybridized carbons (Fsp3) is 0.368. The van der Waals surface area contributed by atoms with Gasteiger partial charge in [-0.2, -0.15) is 0 Å². The third kappa shape index (κ3) is 2.58. The van der Waals surface area contributed by atoms with Gasteiger partial charge >= 0.3 is 0 Å². The van der Waals surface area contributed by atoms with E-state index in [1.807, 2.05) is 0 Å². The summed E-state index contributed by atoms with van der Waals surface area (Å²) in [6, 6.07) is 17.7. The third-order valence-electron chi connectivity index (χ3n) is 4.14. The van der Waals surface area contributed by atoms with Gasteiger partial charge in [0.2, 0.25) is 0 Å². The van der Waals surface area contributed by atoms with Crippen molar-refractivity contribution in [2.24, 2.45) is 0 Å². The Hall–Kier alpha value is -1.56. The molecule has 2 aromatic carbocycles. The molecule has 0 atom stereocenters. The maximum Gasteiger partial charge on any atom is 0.0152 e. The minimum atomic E-state index is 0.0687. The summed E-state index contributed by atoms with van der Waals surface area (Å²) < 4.78 is 0. The summed E-state index contributed by atoms with van der Waals surface area (Å²) in [4.78, 5) is 0. The number of benzene rings is 2. The van der Waals surface area contributed by atoms with E-state index in [1.54, 1.807) is 0 Å². The monoisotopic (exact) mass is 252 g/mol. The van der Waals surface area contributed by atoms with Crippen LogP contribution >= 0.6 is 0 Å². The molecule has 0 radical (unpaired) electrons. The van der Waals surface area contributed by atoms with Crippen molar-refractivity contribution < 1.29 is 0 Å². The van der Waals surface area contributed by atoms with Gasteiger partial charge in [-0.1, -0.05) is 76.2 Å². The van der Waals surface area contributed by atoms with Gasteiger partial charge in [-0.25, -0.2) is 0 Å². The average Bonchev–Trinajstić information content (AvgIpc) is 2.47. The Labute approximate surface area is 117 Å². The van der Waals surface area contributed by atoms with Gasteiger partial charge in [0.05, 0.1) is 0 Å². The first-order valence-electron chi connectivity index (χ1n) is 7.28. The highest BCUT2D eigenvalue weighted by Gasteiger charge is 2.26. The maximum atomic E-state index is 2.34. The highest BCUT2D eigenvalue weighted by molar-refractivity contribution is 5.45. The van der Waals surface area contributed by atoms with Crippen molar-refractivity contribution in [3.05, 3.63) is 70.8 Å². The number of hydrogen-bond acceptors (Lipinski definition) is 0. The van der Waals surface area contributed by atoms with Crippen LogP contribution in [0.5, 0.6) is 0 Å². The molecule has 0 aliphatic carbocycles. The zero-order valence-electron chi connectivity index (χ0n) is 12.5. The van der Waals surface area contributed by atoms with Crippen LogP contribution in [0.15, 0.2) is 48.5 Å². The molecule has 0 aliphatic heterocycles. The van der Waals surface area contributed by atoms with Crippen LogP contribution in [0, 0.1) is 0 Å². The largest absolute Gasteiger partial charge is 0.0620 e. The van der Waals surface area contributed by atoms with Gasteiger partial charge in [-0.15, -0.1) is 0 Å². The second-order valence-electron chi connectivity index (χ2n) is 5.65. The van der Waals surface area contributed by atoms with Gasteiger partial charge in [0.25, 0.3) is 0 Å². The molecule has 0 spiro atoms. The lowest BCUT2D eigenvalue weighted by Crippen LogP contribution is -2.22. The van der Waals surface area contributed by atoms with Crippen LogP contribution in [0.4, 0.5) is 0 Å². The standard InChI is InChI=1S/C19H24/c1-5-15-11-7-9-13-17(15)19(3,4)18-14-10-8-12-16(18)6-2/h7-14H,5-6H2,1-4H3. The quantitative estimate of drug-likeness (QED) is 0.707. The van der Waals surface area contributed by atoms with Gasteiger partial charge < -0.3 is 0 Å². The summed E-state index contributed by atoms with van der Waals surface area (Å²) in [6.45, 7) is 9.16. The first kappa shape index (κ1) is 13.9. The molecule has 0 nitrogen and oxygen atoms in total. The van der Waals surface area contributed by atoms with Crippen LogP contribution in [0.1, 0.15) is 49.9 Å². The highest BCUT2D eigenvalue weighted by Crippen LogP contribution is 2.35. The molecule has 0 amide bonds. The molecule has 0 aliphatic rings. The van der Waals surface area contributed by atoms with Crippen molar-refractivity contribution in [2.45, 2.75) is 46.0 Å². The zero-order valence-corrected chi connectivity index (χ0v) is 12.5. The molecule has 0 heterocycles. The van der Waals surface area contributed by atoms with E-state index >= 15 is 0 Å². The lowest BCUT2D eigenvalue weighted by Gasteiger charge is -2.30. The molecule has 0 N–H and O–H groups in total. The predicted octanol–water partition coefficient (Wildman–Crippen LogP) is 5.14. The van der Waals surface area contributed by atoms with Gasteiger partial charge in [0.1, 0.15) is 0 Å². The molecule has 0 saturated carbocycles. The number of aryl methyl sites for hydroxylation is 2. The van der Waals surface area contributed by atoms with E-state index in [-0.39, 0.29) is 5.41 Å². The first-order chi connectivity index (χ1) is 9.11. The summed E-state index contributed by atoms with van der Waals surface area (Å²) in [5.74, 6) is 0. The average molecular weight is 252 g/mol. The Kier molecular flexibility index (Phi) is 4.09. The summed E-state index contributed by atoms with van der Waals surface area (Å²) in [5, 5.41) is 0. The summed E-state index contributed by atoms with van der Waals surface area (Å²) in [5.41, 5.74) is 5.90. The third-order valence-corrected chi connectivity index (χ3v) is 4.14. The van der Waals surface area contributed by atoms with Gasteiger partial charge in [-0.3, -0.25) is 0 Å². The smallest absolute Gasteiger partial charge is 0.0152 e. The molecule has 0 fully saturated rings. The molecular weight excluding hydrogens is 228 g/mol.